The molecular formula is C13H17N3OS. The third-order valence-corrected chi connectivity index (χ3v) is 4.27. The van der Waals surface area contributed by atoms with Gasteiger partial charge >= 0.3 is 0 Å². The first kappa shape index (κ1) is 11.9. The molecule has 0 aliphatic carbocycles. The van der Waals surface area contributed by atoms with Crippen LogP contribution in [0.4, 0.5) is 0 Å². The average Bonchev–Trinajstić information content (AvgIpc) is 2.89. The topological polar surface area (TPSA) is 47.0 Å². The van der Waals surface area contributed by atoms with E-state index in [0.29, 0.717) is 0 Å². The van der Waals surface area contributed by atoms with E-state index in [4.69, 9.17) is 4.74 Å². The molecule has 1 aliphatic heterocycles. The largest absolute Gasteiger partial charge is 0.477 e. The van der Waals surface area contributed by atoms with E-state index in [1.807, 2.05) is 11.4 Å². The molecule has 0 aromatic carbocycles. The van der Waals surface area contributed by atoms with Gasteiger partial charge in [0.05, 0.1) is 12.1 Å². The molecule has 1 fully saturated rings. The summed E-state index contributed by atoms with van der Waals surface area (Å²) in [6, 6.07) is 2.00. The second kappa shape index (κ2) is 5.63. The number of nitrogens with zero attached hydrogens (tertiary/aromatic N) is 2. The molecule has 0 spiro atoms. The number of nitrogens with one attached hydrogen (secondary N) is 1. The summed E-state index contributed by atoms with van der Waals surface area (Å²) in [7, 11) is 0. The predicted octanol–water partition coefficient (Wildman–Crippen LogP) is 2.46. The van der Waals surface area contributed by atoms with Crippen LogP contribution in [0, 0.1) is 5.92 Å². The van der Waals surface area contributed by atoms with Crippen molar-refractivity contribution in [1.29, 1.82) is 0 Å². The lowest BCUT2D eigenvalue weighted by Crippen LogP contribution is -2.30. The number of aromatic nitrogens is 2. The van der Waals surface area contributed by atoms with Gasteiger partial charge in [-0.25, -0.2) is 9.97 Å². The van der Waals surface area contributed by atoms with E-state index in [9.17, 15) is 0 Å². The Balaban J connectivity index is 1.57. The maximum Gasteiger partial charge on any atom is 0.234 e. The molecule has 4 nitrogen and oxygen atoms in total. The summed E-state index contributed by atoms with van der Waals surface area (Å²) in [6.45, 7) is 3.04. The monoisotopic (exact) mass is 263 g/mol. The minimum absolute atomic E-state index is 0.735. The molecular weight excluding hydrogens is 246 g/mol. The molecule has 0 amide bonds. The van der Waals surface area contributed by atoms with Gasteiger partial charge in [-0.05, 0) is 49.7 Å². The van der Waals surface area contributed by atoms with Crippen molar-refractivity contribution in [3.05, 3.63) is 17.8 Å². The third kappa shape index (κ3) is 2.62. The molecule has 5 heteroatoms. The van der Waals surface area contributed by atoms with Crippen LogP contribution in [-0.2, 0) is 0 Å². The number of hydrogen-bond donors (Lipinski definition) is 1. The number of piperidine rings is 1. The molecule has 0 radical (unpaired) electrons. The normalized spacial score (nSPS) is 20.1. The molecule has 2 aromatic heterocycles. The molecule has 1 unspecified atom stereocenters. The quantitative estimate of drug-likeness (QED) is 0.920. The van der Waals surface area contributed by atoms with Gasteiger partial charge in [0.2, 0.25) is 5.88 Å². The Hall–Kier alpha value is -1.20. The number of hydrogen-bond acceptors (Lipinski definition) is 5. The molecule has 2 aromatic rings. The fourth-order valence-electron chi connectivity index (χ4n) is 2.36. The first-order chi connectivity index (χ1) is 8.93. The van der Waals surface area contributed by atoms with Gasteiger partial charge in [-0.2, -0.15) is 0 Å². The molecule has 1 aliphatic rings. The summed E-state index contributed by atoms with van der Waals surface area (Å²) in [4.78, 5) is 8.43. The zero-order valence-corrected chi connectivity index (χ0v) is 11.1. The van der Waals surface area contributed by atoms with Crippen molar-refractivity contribution in [2.24, 2.45) is 5.92 Å². The van der Waals surface area contributed by atoms with Crippen molar-refractivity contribution in [3.8, 4) is 5.88 Å². The van der Waals surface area contributed by atoms with Crippen LogP contribution in [0.1, 0.15) is 19.3 Å². The first-order valence-electron chi connectivity index (χ1n) is 6.45. The molecule has 3 rings (SSSR count). The maximum absolute atomic E-state index is 5.81. The molecule has 96 valence electrons. The lowest BCUT2D eigenvalue weighted by atomic mass is 9.97. The van der Waals surface area contributed by atoms with Gasteiger partial charge in [-0.1, -0.05) is 0 Å². The Labute approximate surface area is 110 Å². The van der Waals surface area contributed by atoms with Crippen LogP contribution in [0.3, 0.4) is 0 Å². The molecule has 0 saturated carbocycles. The fraction of sp³-hybridized carbons (Fsp3) is 0.538. The van der Waals surface area contributed by atoms with Crippen LogP contribution < -0.4 is 10.1 Å². The Morgan fingerprint density at radius 2 is 2.44 bits per heavy atom. The highest BCUT2D eigenvalue weighted by Crippen LogP contribution is 2.27. The van der Waals surface area contributed by atoms with Gasteiger partial charge in [0.25, 0.3) is 0 Å². The summed E-state index contributed by atoms with van der Waals surface area (Å²) >= 11 is 1.64. The van der Waals surface area contributed by atoms with Crippen LogP contribution >= 0.6 is 11.3 Å². The predicted molar refractivity (Wildman–Crippen MR) is 73.1 cm³/mol. The fourth-order valence-corrected chi connectivity index (χ4v) is 3.15. The molecule has 1 N–H and O–H groups in total. The van der Waals surface area contributed by atoms with Crippen LogP contribution in [0.2, 0.25) is 0 Å². The number of fused-ring (bicyclic) bond motifs is 1. The minimum Gasteiger partial charge on any atom is -0.477 e. The van der Waals surface area contributed by atoms with Crippen molar-refractivity contribution in [2.75, 3.05) is 19.7 Å². The van der Waals surface area contributed by atoms with Crippen molar-refractivity contribution < 1.29 is 4.74 Å². The molecule has 1 atom stereocenters. The Morgan fingerprint density at radius 3 is 3.33 bits per heavy atom. The zero-order valence-electron chi connectivity index (χ0n) is 10.3. The van der Waals surface area contributed by atoms with E-state index in [2.05, 4.69) is 15.3 Å². The smallest absolute Gasteiger partial charge is 0.234 e. The molecule has 0 bridgehead atoms. The lowest BCUT2D eigenvalue weighted by molar-refractivity contribution is 0.250. The Bertz CT molecular complexity index is 508. The maximum atomic E-state index is 5.81. The highest BCUT2D eigenvalue weighted by atomic mass is 32.1. The van der Waals surface area contributed by atoms with Gasteiger partial charge in [-0.15, -0.1) is 11.3 Å². The first-order valence-corrected chi connectivity index (χ1v) is 7.33. The van der Waals surface area contributed by atoms with E-state index in [1.54, 1.807) is 17.7 Å². The lowest BCUT2D eigenvalue weighted by Gasteiger charge is -2.22. The third-order valence-electron chi connectivity index (χ3n) is 3.37. The van der Waals surface area contributed by atoms with Crippen LogP contribution in [0.5, 0.6) is 5.88 Å². The van der Waals surface area contributed by atoms with Crippen molar-refractivity contribution in [1.82, 2.24) is 15.3 Å². The Kier molecular flexibility index (Phi) is 3.71. The molecule has 3 heterocycles. The summed E-state index contributed by atoms with van der Waals surface area (Å²) in [5.41, 5.74) is 0.976. The highest BCUT2D eigenvalue weighted by Gasteiger charge is 2.13. The van der Waals surface area contributed by atoms with E-state index >= 15 is 0 Å². The minimum atomic E-state index is 0.735. The number of ether oxygens (including phenoxy) is 1. The number of thiophene rings is 1. The van der Waals surface area contributed by atoms with Crippen molar-refractivity contribution in [3.63, 3.8) is 0 Å². The van der Waals surface area contributed by atoms with Crippen LogP contribution in [0.15, 0.2) is 17.8 Å². The van der Waals surface area contributed by atoms with Gasteiger partial charge in [0, 0.05) is 0 Å². The van der Waals surface area contributed by atoms with Crippen LogP contribution in [-0.4, -0.2) is 29.7 Å². The van der Waals surface area contributed by atoms with E-state index in [1.165, 1.54) is 19.4 Å². The number of rotatable bonds is 4. The second-order valence-corrected chi connectivity index (χ2v) is 5.58. The van der Waals surface area contributed by atoms with E-state index in [0.717, 1.165) is 41.6 Å². The summed E-state index contributed by atoms with van der Waals surface area (Å²) in [5.74, 6) is 1.48. The summed E-state index contributed by atoms with van der Waals surface area (Å²) in [5, 5.41) is 5.45. The zero-order chi connectivity index (χ0) is 12.2. The second-order valence-electron chi connectivity index (χ2n) is 4.66. The van der Waals surface area contributed by atoms with Crippen LogP contribution in [0.25, 0.3) is 10.2 Å². The van der Waals surface area contributed by atoms with E-state index in [-0.39, 0.29) is 0 Å². The average molecular weight is 263 g/mol. The van der Waals surface area contributed by atoms with Gasteiger partial charge < -0.3 is 10.1 Å². The van der Waals surface area contributed by atoms with E-state index < -0.39 is 0 Å². The molecule has 1 saturated heterocycles. The van der Waals surface area contributed by atoms with Gasteiger partial charge in [-0.3, -0.25) is 0 Å². The Morgan fingerprint density at radius 1 is 1.44 bits per heavy atom. The van der Waals surface area contributed by atoms with Gasteiger partial charge in [0.15, 0.2) is 0 Å². The highest BCUT2D eigenvalue weighted by molar-refractivity contribution is 7.17. The van der Waals surface area contributed by atoms with Gasteiger partial charge in [0.1, 0.15) is 11.0 Å². The summed E-state index contributed by atoms with van der Waals surface area (Å²) in [6.07, 6.45) is 5.28. The van der Waals surface area contributed by atoms with Crippen molar-refractivity contribution >= 4 is 21.6 Å². The van der Waals surface area contributed by atoms with Crippen molar-refractivity contribution in [2.45, 2.75) is 19.3 Å². The molecule has 18 heavy (non-hydrogen) atoms. The SMILES string of the molecule is c1nc(OCCC2CCCNC2)c2sccc2n1. The standard InChI is InChI=1S/C13H17N3OS/c1-2-10(8-14-5-1)3-6-17-13-12-11(4-7-18-12)15-9-16-13/h4,7,9-10,14H,1-3,5-6,8H2. The summed E-state index contributed by atoms with van der Waals surface area (Å²) < 4.78 is 6.87.